The van der Waals surface area contributed by atoms with Crippen LogP contribution in [0, 0.1) is 0 Å². The summed E-state index contributed by atoms with van der Waals surface area (Å²) in [7, 11) is -0.482. The Morgan fingerprint density at radius 2 is 2.07 bits per heavy atom. The number of sulfonamides is 1. The molecule has 1 aromatic heterocycles. The van der Waals surface area contributed by atoms with Crippen LogP contribution in [0.4, 0.5) is 0 Å². The molecule has 0 spiro atoms. The van der Waals surface area contributed by atoms with Gasteiger partial charge >= 0.3 is 0 Å². The number of thiophene rings is 1. The third kappa shape index (κ3) is 2.23. The topological polar surface area (TPSA) is 37.4 Å². The van der Waals surface area contributed by atoms with Gasteiger partial charge in [0.15, 0.2) is 0 Å². The van der Waals surface area contributed by atoms with Crippen LogP contribution in [0.3, 0.4) is 0 Å². The summed E-state index contributed by atoms with van der Waals surface area (Å²) in [6.45, 7) is 0. The van der Waals surface area contributed by atoms with Crippen LogP contribution in [0.15, 0.2) is 11.0 Å². The molecule has 1 heterocycles. The number of alkyl halides is 1. The van der Waals surface area contributed by atoms with E-state index in [4.69, 9.17) is 23.2 Å². The lowest BCUT2D eigenvalue weighted by molar-refractivity contribution is 0.520. The van der Waals surface area contributed by atoms with Crippen LogP contribution in [0.25, 0.3) is 0 Å². The summed E-state index contributed by atoms with van der Waals surface area (Å²) >= 11 is 12.5. The van der Waals surface area contributed by atoms with E-state index in [0.29, 0.717) is 9.21 Å². The largest absolute Gasteiger partial charge is 0.243 e. The fourth-order valence-corrected chi connectivity index (χ4v) is 3.89. The summed E-state index contributed by atoms with van der Waals surface area (Å²) in [6.07, 6.45) is 0. The van der Waals surface area contributed by atoms with Crippen LogP contribution in [0.1, 0.15) is 4.88 Å². The first-order chi connectivity index (χ1) is 6.39. The van der Waals surface area contributed by atoms with Gasteiger partial charge < -0.3 is 0 Å². The zero-order valence-corrected chi connectivity index (χ0v) is 10.8. The van der Waals surface area contributed by atoms with Crippen molar-refractivity contribution in [3.05, 3.63) is 15.3 Å². The molecule has 80 valence electrons. The molecule has 1 rings (SSSR count). The molecular weight excluding hydrogens is 265 g/mol. The van der Waals surface area contributed by atoms with Gasteiger partial charge in [-0.2, -0.15) is 0 Å². The molecule has 0 fully saturated rings. The molecule has 0 radical (unpaired) electrons. The molecule has 0 N–H and O–H groups in total. The van der Waals surface area contributed by atoms with Gasteiger partial charge in [0, 0.05) is 19.0 Å². The van der Waals surface area contributed by atoms with E-state index in [1.807, 2.05) is 0 Å². The molecule has 1 aromatic rings. The van der Waals surface area contributed by atoms with E-state index in [1.54, 1.807) is 0 Å². The minimum Gasteiger partial charge on any atom is -0.207 e. The molecule has 0 aliphatic heterocycles. The normalized spacial score (nSPS) is 12.4. The Balaban J connectivity index is 3.32. The average Bonchev–Trinajstić information content (AvgIpc) is 2.46. The molecule has 14 heavy (non-hydrogen) atoms. The van der Waals surface area contributed by atoms with Gasteiger partial charge in [0.25, 0.3) is 0 Å². The first kappa shape index (κ1) is 12.3. The van der Waals surface area contributed by atoms with Crippen molar-refractivity contribution in [3.63, 3.8) is 0 Å². The van der Waals surface area contributed by atoms with E-state index in [9.17, 15) is 8.42 Å². The molecule has 3 nitrogen and oxygen atoms in total. The Bertz CT molecular complexity index is 425. The smallest absolute Gasteiger partial charge is 0.207 e. The Labute approximate surface area is 97.3 Å². The summed E-state index contributed by atoms with van der Waals surface area (Å²) in [4.78, 5) is 0.776. The van der Waals surface area contributed by atoms with Gasteiger partial charge in [0.2, 0.25) is 10.0 Å². The lowest BCUT2D eigenvalue weighted by Crippen LogP contribution is -2.22. The molecule has 0 aliphatic carbocycles. The quantitative estimate of drug-likeness (QED) is 0.794. The van der Waals surface area contributed by atoms with Gasteiger partial charge in [-0.1, -0.05) is 11.6 Å². The van der Waals surface area contributed by atoms with Crippen molar-refractivity contribution >= 4 is 44.6 Å². The lowest BCUT2D eigenvalue weighted by atomic mass is 10.5. The minimum atomic E-state index is -3.42. The average molecular weight is 274 g/mol. The first-order valence-electron chi connectivity index (χ1n) is 3.66. The van der Waals surface area contributed by atoms with Crippen molar-refractivity contribution in [2.75, 3.05) is 14.1 Å². The van der Waals surface area contributed by atoms with E-state index in [0.717, 1.165) is 4.31 Å². The van der Waals surface area contributed by atoms with Crippen LogP contribution in [-0.4, -0.2) is 26.8 Å². The van der Waals surface area contributed by atoms with Crippen LogP contribution in [-0.2, 0) is 15.9 Å². The number of halogens is 2. The fraction of sp³-hybridized carbons (Fsp3) is 0.429. The summed E-state index contributed by atoms with van der Waals surface area (Å²) < 4.78 is 25.1. The summed E-state index contributed by atoms with van der Waals surface area (Å²) in [5.41, 5.74) is 0. The van der Waals surface area contributed by atoms with E-state index in [-0.39, 0.29) is 10.8 Å². The number of hydrogen-bond donors (Lipinski definition) is 0. The number of hydrogen-bond acceptors (Lipinski definition) is 3. The molecule has 0 aromatic carbocycles. The van der Waals surface area contributed by atoms with Gasteiger partial charge in [0.05, 0.1) is 15.1 Å². The molecule has 7 heteroatoms. The van der Waals surface area contributed by atoms with Crippen molar-refractivity contribution < 1.29 is 8.42 Å². The third-order valence-electron chi connectivity index (χ3n) is 1.62. The van der Waals surface area contributed by atoms with Crippen LogP contribution in [0.2, 0.25) is 4.34 Å². The monoisotopic (exact) mass is 273 g/mol. The summed E-state index contributed by atoms with van der Waals surface area (Å²) in [5.74, 6) is 0.153. The van der Waals surface area contributed by atoms with Gasteiger partial charge in [-0.15, -0.1) is 22.9 Å². The van der Waals surface area contributed by atoms with Gasteiger partial charge in [-0.05, 0) is 6.07 Å². The maximum absolute atomic E-state index is 11.7. The molecule has 0 bridgehead atoms. The zero-order valence-electron chi connectivity index (χ0n) is 7.62. The second-order valence-electron chi connectivity index (χ2n) is 2.76. The second-order valence-corrected chi connectivity index (χ2v) is 6.91. The molecule has 0 amide bonds. The summed E-state index contributed by atoms with van der Waals surface area (Å²) in [5, 5.41) is 0. The van der Waals surface area contributed by atoms with E-state index >= 15 is 0 Å². The molecular formula is C7H9Cl2NO2S2. The highest BCUT2D eigenvalue weighted by Gasteiger charge is 2.23. The second kappa shape index (κ2) is 4.37. The van der Waals surface area contributed by atoms with Gasteiger partial charge in [0.1, 0.15) is 0 Å². The maximum atomic E-state index is 11.7. The van der Waals surface area contributed by atoms with Crippen molar-refractivity contribution in [1.82, 2.24) is 4.31 Å². The number of rotatable bonds is 3. The fourth-order valence-electron chi connectivity index (χ4n) is 0.889. The van der Waals surface area contributed by atoms with Crippen molar-refractivity contribution in [2.45, 2.75) is 10.8 Å². The van der Waals surface area contributed by atoms with Gasteiger partial charge in [-0.25, -0.2) is 12.7 Å². The summed E-state index contributed by atoms with van der Waals surface area (Å²) in [6, 6.07) is 1.43. The maximum Gasteiger partial charge on any atom is 0.243 e. The molecule has 0 saturated heterocycles. The van der Waals surface area contributed by atoms with Crippen molar-refractivity contribution in [3.8, 4) is 0 Å². The van der Waals surface area contributed by atoms with Crippen molar-refractivity contribution in [2.24, 2.45) is 0 Å². The zero-order chi connectivity index (χ0) is 10.9. The molecule has 0 unspecified atom stereocenters. The Hall–Kier alpha value is 0.190. The van der Waals surface area contributed by atoms with Crippen LogP contribution in [0.5, 0.6) is 0 Å². The highest BCUT2D eigenvalue weighted by molar-refractivity contribution is 7.89. The van der Waals surface area contributed by atoms with E-state index in [1.165, 1.54) is 31.5 Å². The van der Waals surface area contributed by atoms with E-state index in [2.05, 4.69) is 0 Å². The highest BCUT2D eigenvalue weighted by atomic mass is 35.5. The van der Waals surface area contributed by atoms with Crippen LogP contribution < -0.4 is 0 Å². The third-order valence-corrected chi connectivity index (χ3v) is 5.32. The molecule has 0 aliphatic rings. The Morgan fingerprint density at radius 1 is 1.50 bits per heavy atom. The van der Waals surface area contributed by atoms with E-state index < -0.39 is 10.0 Å². The standard InChI is InChI=1S/C7H9Cl2NO2S2/c1-10(2)14(11,12)6-3-7(9)13-5(6)4-8/h3H,4H2,1-2H3. The lowest BCUT2D eigenvalue weighted by Gasteiger charge is -2.10. The SMILES string of the molecule is CN(C)S(=O)(=O)c1cc(Cl)sc1CCl. The molecule has 0 saturated carbocycles. The minimum absolute atomic E-state index is 0.153. The highest BCUT2D eigenvalue weighted by Crippen LogP contribution is 2.32. The van der Waals surface area contributed by atoms with Crippen molar-refractivity contribution in [1.29, 1.82) is 0 Å². The van der Waals surface area contributed by atoms with Gasteiger partial charge in [-0.3, -0.25) is 0 Å². The molecule has 0 atom stereocenters. The predicted molar refractivity (Wildman–Crippen MR) is 59.8 cm³/mol. The number of nitrogens with zero attached hydrogens (tertiary/aromatic N) is 1. The first-order valence-corrected chi connectivity index (χ1v) is 6.83. The van der Waals surface area contributed by atoms with Crippen LogP contribution >= 0.6 is 34.5 Å². The Morgan fingerprint density at radius 3 is 2.50 bits per heavy atom. The Kier molecular flexibility index (Phi) is 3.82. The predicted octanol–water partition coefficient (Wildman–Crippen LogP) is 2.39.